The molecule has 4 nitrogen and oxygen atoms in total. The molecule has 0 aromatic carbocycles. The normalized spacial score (nSPS) is 27.3. The molecule has 0 spiro atoms. The van der Waals surface area contributed by atoms with Crippen LogP contribution in [0.4, 0.5) is 0 Å². The topological polar surface area (TPSA) is 36.9 Å². The van der Waals surface area contributed by atoms with Crippen LogP contribution in [-0.2, 0) is 18.6 Å². The van der Waals surface area contributed by atoms with Crippen molar-refractivity contribution < 1.29 is 18.6 Å². The van der Waals surface area contributed by atoms with Crippen LogP contribution in [-0.4, -0.2) is 36.6 Å². The highest BCUT2D eigenvalue weighted by molar-refractivity contribution is 6.49. The molecule has 2 aliphatic rings. The van der Waals surface area contributed by atoms with Gasteiger partial charge in [-0.2, -0.15) is 0 Å². The molecular formula is C20H40B2O4. The molecule has 0 bridgehead atoms. The molecule has 2 heterocycles. The summed E-state index contributed by atoms with van der Waals surface area (Å²) in [6, 6.07) is 0. The lowest BCUT2D eigenvalue weighted by Gasteiger charge is -2.32. The van der Waals surface area contributed by atoms with E-state index in [2.05, 4.69) is 69.2 Å². The Morgan fingerprint density at radius 1 is 0.654 bits per heavy atom. The molecule has 6 heteroatoms. The van der Waals surface area contributed by atoms with Gasteiger partial charge >= 0.3 is 14.2 Å². The molecule has 0 aliphatic carbocycles. The fourth-order valence-corrected chi connectivity index (χ4v) is 3.96. The van der Waals surface area contributed by atoms with Crippen LogP contribution in [0, 0.1) is 5.92 Å². The Bertz CT molecular complexity index is 454. The number of rotatable bonds is 7. The summed E-state index contributed by atoms with van der Waals surface area (Å²) in [6.07, 6.45) is 4.13. The molecule has 0 radical (unpaired) electrons. The van der Waals surface area contributed by atoms with Gasteiger partial charge in [-0.15, -0.1) is 0 Å². The predicted octanol–water partition coefficient (Wildman–Crippen LogP) is 5.37. The highest BCUT2D eigenvalue weighted by atomic mass is 16.7. The molecule has 26 heavy (non-hydrogen) atoms. The van der Waals surface area contributed by atoms with Crippen molar-refractivity contribution in [2.45, 2.75) is 123 Å². The van der Waals surface area contributed by atoms with Gasteiger partial charge in [-0.05, 0) is 73.4 Å². The Morgan fingerprint density at radius 3 is 1.42 bits per heavy atom. The third-order valence-corrected chi connectivity index (χ3v) is 7.31. The fraction of sp³-hybridized carbons (Fsp3) is 1.00. The zero-order valence-corrected chi connectivity index (χ0v) is 18.8. The van der Waals surface area contributed by atoms with Crippen LogP contribution in [0.25, 0.3) is 0 Å². The van der Waals surface area contributed by atoms with Crippen LogP contribution >= 0.6 is 0 Å². The van der Waals surface area contributed by atoms with Crippen molar-refractivity contribution in [3.05, 3.63) is 0 Å². The molecule has 2 saturated heterocycles. The van der Waals surface area contributed by atoms with Crippen molar-refractivity contribution in [3.8, 4) is 0 Å². The Hall–Kier alpha value is -0.0301. The van der Waals surface area contributed by atoms with Gasteiger partial charge in [0, 0.05) is 0 Å². The number of hydrogen-bond acceptors (Lipinski definition) is 4. The van der Waals surface area contributed by atoms with Crippen LogP contribution < -0.4 is 0 Å². The lowest BCUT2D eigenvalue weighted by molar-refractivity contribution is 0.00578. The molecule has 0 N–H and O–H groups in total. The van der Waals surface area contributed by atoms with Crippen molar-refractivity contribution in [3.63, 3.8) is 0 Å². The maximum atomic E-state index is 6.40. The van der Waals surface area contributed by atoms with Crippen LogP contribution in [0.5, 0.6) is 0 Å². The molecule has 2 aliphatic heterocycles. The van der Waals surface area contributed by atoms with Gasteiger partial charge in [0.2, 0.25) is 0 Å². The summed E-state index contributed by atoms with van der Waals surface area (Å²) >= 11 is 0. The molecule has 1 unspecified atom stereocenters. The molecule has 0 amide bonds. The summed E-state index contributed by atoms with van der Waals surface area (Å²) in [6.45, 7) is 21.5. The van der Waals surface area contributed by atoms with Gasteiger partial charge in [-0.25, -0.2) is 0 Å². The van der Waals surface area contributed by atoms with Crippen LogP contribution in [0.15, 0.2) is 0 Å². The van der Waals surface area contributed by atoms with Gasteiger partial charge in [0.15, 0.2) is 0 Å². The van der Waals surface area contributed by atoms with Gasteiger partial charge in [0.1, 0.15) is 0 Å². The average molecular weight is 366 g/mol. The van der Waals surface area contributed by atoms with E-state index in [0.717, 1.165) is 25.6 Å². The molecule has 2 fully saturated rings. The average Bonchev–Trinajstić information content (AvgIpc) is 2.82. The largest absolute Gasteiger partial charge is 0.461 e. The van der Waals surface area contributed by atoms with Gasteiger partial charge in [0.05, 0.1) is 22.4 Å². The van der Waals surface area contributed by atoms with Crippen molar-refractivity contribution in [2.75, 3.05) is 0 Å². The predicted molar refractivity (Wildman–Crippen MR) is 109 cm³/mol. The first-order valence-corrected chi connectivity index (χ1v) is 10.5. The molecule has 0 saturated carbocycles. The van der Waals surface area contributed by atoms with E-state index in [9.17, 15) is 0 Å². The Labute approximate surface area is 162 Å². The Balaban J connectivity index is 2.08. The highest BCUT2D eigenvalue weighted by Gasteiger charge is 2.55. The second-order valence-corrected chi connectivity index (χ2v) is 10.1. The van der Waals surface area contributed by atoms with Gasteiger partial charge in [-0.3, -0.25) is 0 Å². The summed E-state index contributed by atoms with van der Waals surface area (Å²) < 4.78 is 25.2. The summed E-state index contributed by atoms with van der Waals surface area (Å²) in [4.78, 5) is 0. The second kappa shape index (κ2) is 7.42. The molecule has 1 atom stereocenters. The van der Waals surface area contributed by atoms with Crippen LogP contribution in [0.2, 0.25) is 12.1 Å². The van der Waals surface area contributed by atoms with E-state index < -0.39 is 0 Å². The quantitative estimate of drug-likeness (QED) is 0.568. The van der Waals surface area contributed by atoms with Gasteiger partial charge in [-0.1, -0.05) is 33.1 Å². The van der Waals surface area contributed by atoms with Gasteiger partial charge in [0.25, 0.3) is 0 Å². The summed E-state index contributed by atoms with van der Waals surface area (Å²) in [7, 11) is -0.313. The van der Waals surface area contributed by atoms with Crippen LogP contribution in [0.3, 0.4) is 0 Å². The van der Waals surface area contributed by atoms with Crippen molar-refractivity contribution in [1.29, 1.82) is 0 Å². The zero-order valence-electron chi connectivity index (χ0n) is 18.8. The Morgan fingerprint density at radius 2 is 1.04 bits per heavy atom. The zero-order chi connectivity index (χ0) is 20.0. The van der Waals surface area contributed by atoms with Crippen molar-refractivity contribution in [2.24, 2.45) is 5.92 Å². The third kappa shape index (κ3) is 4.19. The summed E-state index contributed by atoms with van der Waals surface area (Å²) in [5.41, 5.74) is -1.11. The minimum Gasteiger partial charge on any atom is -0.403 e. The molecular weight excluding hydrogens is 326 g/mol. The van der Waals surface area contributed by atoms with E-state index in [-0.39, 0.29) is 36.6 Å². The smallest absolute Gasteiger partial charge is 0.403 e. The van der Waals surface area contributed by atoms with E-state index in [4.69, 9.17) is 18.6 Å². The first kappa shape index (κ1) is 22.3. The maximum absolute atomic E-state index is 6.40. The Kier molecular flexibility index (Phi) is 6.35. The molecule has 2 rings (SSSR count). The van der Waals surface area contributed by atoms with Crippen molar-refractivity contribution >= 4 is 14.2 Å². The van der Waals surface area contributed by atoms with Crippen molar-refractivity contribution in [1.82, 2.24) is 0 Å². The van der Waals surface area contributed by atoms with E-state index in [0.29, 0.717) is 11.7 Å². The molecule has 0 aromatic rings. The molecule has 0 aromatic heterocycles. The van der Waals surface area contributed by atoms with E-state index >= 15 is 0 Å². The number of hydrogen-bond donors (Lipinski definition) is 0. The van der Waals surface area contributed by atoms with E-state index in [1.807, 2.05) is 0 Å². The lowest BCUT2D eigenvalue weighted by atomic mass is 9.59. The monoisotopic (exact) mass is 366 g/mol. The molecule has 150 valence electrons. The minimum atomic E-state index is -0.285. The summed E-state index contributed by atoms with van der Waals surface area (Å²) in [5.74, 6) is 0.928. The standard InChI is InChI=1S/C20H40B2O4/c1-11-15(12-2)16(22-25-19(7,8)20(9,10)26-22)13-14-21-23-17(3,4)18(5,6)24-21/h15-16H,11-14H2,1-10H3. The lowest BCUT2D eigenvalue weighted by Crippen LogP contribution is -2.41. The maximum Gasteiger partial charge on any atom is 0.461 e. The second-order valence-electron chi connectivity index (χ2n) is 10.1. The first-order chi connectivity index (χ1) is 11.8. The van der Waals surface area contributed by atoms with E-state index in [1.54, 1.807) is 0 Å². The fourth-order valence-electron chi connectivity index (χ4n) is 3.96. The SMILES string of the molecule is CCC(CC)C(CCB1OC(C)(C)C(C)(C)O1)B1OC(C)(C)C(C)(C)O1. The van der Waals surface area contributed by atoms with Gasteiger partial charge < -0.3 is 18.6 Å². The first-order valence-electron chi connectivity index (χ1n) is 10.5. The highest BCUT2D eigenvalue weighted by Crippen LogP contribution is 2.46. The third-order valence-electron chi connectivity index (χ3n) is 7.31. The minimum absolute atomic E-state index is 0.153. The van der Waals surface area contributed by atoms with Crippen LogP contribution in [0.1, 0.15) is 88.5 Å². The van der Waals surface area contributed by atoms with E-state index in [1.165, 1.54) is 0 Å². The summed E-state index contributed by atoms with van der Waals surface area (Å²) in [5, 5.41) is 0.